The van der Waals surface area contributed by atoms with Crippen molar-refractivity contribution in [1.29, 1.82) is 0 Å². The van der Waals surface area contributed by atoms with Crippen LogP contribution in [0, 0.1) is 0 Å². The van der Waals surface area contributed by atoms with Crippen molar-refractivity contribution in [2.75, 3.05) is 30.0 Å². The van der Waals surface area contributed by atoms with Gasteiger partial charge in [0.15, 0.2) is 0 Å². The summed E-state index contributed by atoms with van der Waals surface area (Å²) in [6.45, 7) is 2.19. The van der Waals surface area contributed by atoms with Crippen molar-refractivity contribution >= 4 is 28.8 Å². The van der Waals surface area contributed by atoms with Gasteiger partial charge in [-0.15, -0.1) is 11.8 Å². The van der Waals surface area contributed by atoms with Gasteiger partial charge in [-0.05, 0) is 49.1 Å². The molecule has 2 heterocycles. The third kappa shape index (κ3) is 2.46. The Morgan fingerprint density at radius 2 is 2.00 bits per heavy atom. The Kier molecular flexibility index (Phi) is 3.72. The third-order valence-corrected chi connectivity index (χ3v) is 5.39. The van der Waals surface area contributed by atoms with E-state index in [0.29, 0.717) is 12.0 Å². The van der Waals surface area contributed by atoms with Crippen molar-refractivity contribution in [1.82, 2.24) is 5.32 Å². The number of hydrogen-bond donors (Lipinski definition) is 3. The lowest BCUT2D eigenvalue weighted by atomic mass is 9.90. The molecular formula is C18H21N3S. The molecule has 4 heteroatoms. The van der Waals surface area contributed by atoms with Crippen LogP contribution in [0.4, 0.5) is 17.1 Å². The van der Waals surface area contributed by atoms with Crippen molar-refractivity contribution < 1.29 is 0 Å². The number of nitrogens with one attached hydrogen (secondary N) is 3. The average molecular weight is 311 g/mol. The van der Waals surface area contributed by atoms with Crippen LogP contribution < -0.4 is 16.0 Å². The molecule has 0 bridgehead atoms. The molecule has 3 nitrogen and oxygen atoms in total. The average Bonchev–Trinajstić information content (AvgIpc) is 2.94. The Balaban J connectivity index is 1.70. The molecule has 2 aromatic rings. The van der Waals surface area contributed by atoms with Crippen LogP contribution in [0.5, 0.6) is 0 Å². The van der Waals surface area contributed by atoms with E-state index in [1.807, 2.05) is 17.8 Å². The lowest BCUT2D eigenvalue weighted by molar-refractivity contribution is 0.440. The quantitative estimate of drug-likeness (QED) is 0.748. The molecule has 0 spiro atoms. The van der Waals surface area contributed by atoms with Gasteiger partial charge in [0.25, 0.3) is 0 Å². The molecule has 22 heavy (non-hydrogen) atoms. The van der Waals surface area contributed by atoms with E-state index in [0.717, 1.165) is 18.8 Å². The largest absolute Gasteiger partial charge is 0.380 e. The van der Waals surface area contributed by atoms with Gasteiger partial charge < -0.3 is 16.0 Å². The summed E-state index contributed by atoms with van der Waals surface area (Å²) < 4.78 is 0. The van der Waals surface area contributed by atoms with Gasteiger partial charge in [0.05, 0.1) is 5.69 Å². The Morgan fingerprint density at radius 1 is 1.14 bits per heavy atom. The lowest BCUT2D eigenvalue weighted by Crippen LogP contribution is -2.38. The van der Waals surface area contributed by atoms with E-state index in [1.165, 1.54) is 28.3 Å². The molecule has 1 fully saturated rings. The molecule has 0 radical (unpaired) electrons. The summed E-state index contributed by atoms with van der Waals surface area (Å²) in [6.07, 6.45) is 3.36. The van der Waals surface area contributed by atoms with Crippen LogP contribution in [-0.4, -0.2) is 25.4 Å². The van der Waals surface area contributed by atoms with E-state index in [1.54, 1.807) is 0 Å². The second kappa shape index (κ2) is 5.86. The summed E-state index contributed by atoms with van der Waals surface area (Å²) in [4.78, 5) is 1.34. The number of anilines is 3. The second-order valence-corrected chi connectivity index (χ2v) is 6.83. The number of benzene rings is 2. The molecule has 2 aromatic carbocycles. The van der Waals surface area contributed by atoms with Crippen molar-refractivity contribution in [2.24, 2.45) is 0 Å². The molecule has 3 N–H and O–H groups in total. The zero-order chi connectivity index (χ0) is 14.9. The third-order valence-electron chi connectivity index (χ3n) is 4.63. The van der Waals surface area contributed by atoms with Crippen LogP contribution in [-0.2, 0) is 0 Å². The number of thioether (sulfide) groups is 1. The van der Waals surface area contributed by atoms with Gasteiger partial charge in [0.1, 0.15) is 0 Å². The number of fused-ring (bicyclic) bond motifs is 3. The number of hydrogen-bond acceptors (Lipinski definition) is 4. The van der Waals surface area contributed by atoms with E-state index in [-0.39, 0.29) is 0 Å². The Bertz CT molecular complexity index is 672. The van der Waals surface area contributed by atoms with E-state index in [9.17, 15) is 0 Å². The SMILES string of the molecule is CSc1cc(Nc2ccccc2)cc2c1N[C@H]1CCNC[C@@H]21. The molecule has 2 atom stereocenters. The van der Waals surface area contributed by atoms with Gasteiger partial charge in [-0.1, -0.05) is 18.2 Å². The van der Waals surface area contributed by atoms with Crippen molar-refractivity contribution in [3.8, 4) is 0 Å². The fourth-order valence-corrected chi connectivity index (χ4v) is 4.17. The Hall–Kier alpha value is -1.65. The lowest BCUT2D eigenvalue weighted by Gasteiger charge is -2.26. The molecule has 2 aliphatic heterocycles. The van der Waals surface area contributed by atoms with Crippen molar-refractivity contribution in [3.05, 3.63) is 48.0 Å². The second-order valence-electron chi connectivity index (χ2n) is 5.98. The summed E-state index contributed by atoms with van der Waals surface area (Å²) in [5, 5.41) is 10.8. The van der Waals surface area contributed by atoms with Gasteiger partial charge in [0, 0.05) is 34.8 Å². The first-order valence-corrected chi connectivity index (χ1v) is 9.09. The van der Waals surface area contributed by atoms with Crippen molar-refractivity contribution in [3.63, 3.8) is 0 Å². The van der Waals surface area contributed by atoms with Crippen molar-refractivity contribution in [2.45, 2.75) is 23.3 Å². The fourth-order valence-electron chi connectivity index (χ4n) is 3.55. The fraction of sp³-hybridized carbons (Fsp3) is 0.333. The summed E-state index contributed by atoms with van der Waals surface area (Å²) in [5.41, 5.74) is 5.13. The van der Waals surface area contributed by atoms with E-state index < -0.39 is 0 Å². The summed E-state index contributed by atoms with van der Waals surface area (Å²) in [5.74, 6) is 0.590. The maximum absolute atomic E-state index is 3.76. The highest BCUT2D eigenvalue weighted by molar-refractivity contribution is 7.98. The van der Waals surface area contributed by atoms with Crippen LogP contribution in [0.25, 0.3) is 0 Å². The molecule has 4 rings (SSSR count). The molecule has 1 saturated heterocycles. The molecule has 0 aliphatic carbocycles. The van der Waals surface area contributed by atoms with E-state index >= 15 is 0 Å². The highest BCUT2D eigenvalue weighted by Crippen LogP contribution is 2.45. The smallest absolute Gasteiger partial charge is 0.0518 e. The minimum Gasteiger partial charge on any atom is -0.380 e. The van der Waals surface area contributed by atoms with Crippen LogP contribution >= 0.6 is 11.8 Å². The highest BCUT2D eigenvalue weighted by atomic mass is 32.2. The molecule has 2 aliphatic rings. The van der Waals surface area contributed by atoms with Crippen LogP contribution in [0.3, 0.4) is 0 Å². The zero-order valence-electron chi connectivity index (χ0n) is 12.7. The van der Waals surface area contributed by atoms with E-state index in [4.69, 9.17) is 0 Å². The molecule has 0 aromatic heterocycles. The van der Waals surface area contributed by atoms with E-state index in [2.05, 4.69) is 58.6 Å². The predicted molar refractivity (Wildman–Crippen MR) is 95.6 cm³/mol. The Labute approximate surface area is 135 Å². The Morgan fingerprint density at radius 3 is 2.82 bits per heavy atom. The first-order valence-electron chi connectivity index (χ1n) is 7.86. The van der Waals surface area contributed by atoms with Gasteiger partial charge >= 0.3 is 0 Å². The summed E-state index contributed by atoms with van der Waals surface area (Å²) in [6, 6.07) is 15.6. The molecule has 0 amide bonds. The zero-order valence-corrected chi connectivity index (χ0v) is 13.5. The summed E-state index contributed by atoms with van der Waals surface area (Å²) in [7, 11) is 0. The first-order chi connectivity index (χ1) is 10.8. The van der Waals surface area contributed by atoms with Gasteiger partial charge in [-0.2, -0.15) is 0 Å². The van der Waals surface area contributed by atoms with Gasteiger partial charge in [0.2, 0.25) is 0 Å². The standard InChI is InChI=1S/C18H21N3S/c1-22-17-10-13(20-12-5-3-2-4-6-12)9-14-15-11-19-8-7-16(15)21-18(14)17/h2-6,9-10,15-16,19-21H,7-8,11H2,1H3/t15-,16-/m0/s1. The van der Waals surface area contributed by atoms with Crippen LogP contribution in [0.1, 0.15) is 17.9 Å². The first kappa shape index (κ1) is 14.0. The maximum atomic E-state index is 3.76. The molecule has 0 saturated carbocycles. The number of rotatable bonds is 3. The van der Waals surface area contributed by atoms with Gasteiger partial charge in [-0.3, -0.25) is 0 Å². The summed E-state index contributed by atoms with van der Waals surface area (Å²) >= 11 is 1.82. The molecular weight excluding hydrogens is 290 g/mol. The normalized spacial score (nSPS) is 22.6. The molecule has 114 valence electrons. The van der Waals surface area contributed by atoms with Gasteiger partial charge in [-0.25, -0.2) is 0 Å². The number of para-hydroxylation sites is 1. The predicted octanol–water partition coefficient (Wildman–Crippen LogP) is 4.02. The minimum atomic E-state index is 0.590. The minimum absolute atomic E-state index is 0.590. The topological polar surface area (TPSA) is 36.1 Å². The van der Waals surface area contributed by atoms with Crippen LogP contribution in [0.2, 0.25) is 0 Å². The highest BCUT2D eigenvalue weighted by Gasteiger charge is 2.35. The molecule has 0 unspecified atom stereocenters. The van der Waals surface area contributed by atoms with Crippen LogP contribution in [0.15, 0.2) is 47.4 Å². The monoisotopic (exact) mass is 311 g/mol. The number of piperidine rings is 1. The maximum Gasteiger partial charge on any atom is 0.0518 e.